The zero-order valence-corrected chi connectivity index (χ0v) is 11.4. The number of H-pyrrole nitrogens is 1. The van der Waals surface area contributed by atoms with Gasteiger partial charge in [-0.2, -0.15) is 5.10 Å². The van der Waals surface area contributed by atoms with Crippen LogP contribution in [0.2, 0.25) is 5.02 Å². The highest BCUT2D eigenvalue weighted by atomic mass is 35.5. The van der Waals surface area contributed by atoms with Gasteiger partial charge in [-0.05, 0) is 12.5 Å². The van der Waals surface area contributed by atoms with Crippen LogP contribution in [0.5, 0.6) is 0 Å². The summed E-state index contributed by atoms with van der Waals surface area (Å²) in [5.41, 5.74) is 6.96. The number of hydrogen-bond acceptors (Lipinski definition) is 3. The zero-order chi connectivity index (χ0) is 13.8. The average Bonchev–Trinajstić information content (AvgIpc) is 2.93. The molecular weight excluding hydrogens is 266 g/mol. The highest BCUT2D eigenvalue weighted by molar-refractivity contribution is 6.31. The third kappa shape index (κ3) is 3.08. The van der Waals surface area contributed by atoms with Crippen LogP contribution >= 0.6 is 11.6 Å². The van der Waals surface area contributed by atoms with Crippen LogP contribution in [0, 0.1) is 0 Å². The monoisotopic (exact) mass is 281 g/mol. The maximum atomic E-state index is 12.1. The van der Waals surface area contributed by atoms with Crippen molar-refractivity contribution in [1.82, 2.24) is 20.1 Å². The highest BCUT2D eigenvalue weighted by Crippen LogP contribution is 2.15. The quantitative estimate of drug-likeness (QED) is 0.780. The number of halogens is 1. The molecule has 2 rings (SSSR count). The van der Waals surface area contributed by atoms with Crippen LogP contribution in [-0.4, -0.2) is 20.7 Å². The molecule has 0 fully saturated rings. The maximum Gasteiger partial charge on any atom is 0.268 e. The van der Waals surface area contributed by atoms with E-state index in [1.807, 2.05) is 11.5 Å². The topological polar surface area (TPSA) is 88.7 Å². The number of rotatable bonds is 5. The summed E-state index contributed by atoms with van der Waals surface area (Å²) in [6.45, 7) is 3.13. The predicted molar refractivity (Wildman–Crippen MR) is 73.9 cm³/mol. The number of nitrogens with one attached hydrogen (secondary N) is 2. The molecule has 0 aliphatic heterocycles. The van der Waals surface area contributed by atoms with Gasteiger partial charge >= 0.3 is 0 Å². The number of aryl methyl sites for hydroxylation is 1. The van der Waals surface area contributed by atoms with Gasteiger partial charge in [0.2, 0.25) is 0 Å². The van der Waals surface area contributed by atoms with Crippen molar-refractivity contribution < 1.29 is 4.79 Å². The minimum Gasteiger partial charge on any atom is -0.384 e. The van der Waals surface area contributed by atoms with Gasteiger partial charge in [0.05, 0.1) is 11.2 Å². The first-order chi connectivity index (χ1) is 9.11. The van der Waals surface area contributed by atoms with E-state index < -0.39 is 0 Å². The second-order valence-corrected chi connectivity index (χ2v) is 4.66. The fourth-order valence-electron chi connectivity index (χ4n) is 1.82. The van der Waals surface area contributed by atoms with Crippen LogP contribution in [0.25, 0.3) is 0 Å². The third-order valence-electron chi connectivity index (χ3n) is 2.75. The molecule has 102 valence electrons. The molecular formula is C12H16ClN5O. The Morgan fingerprint density at radius 2 is 2.42 bits per heavy atom. The van der Waals surface area contributed by atoms with E-state index in [-0.39, 0.29) is 5.91 Å². The van der Waals surface area contributed by atoms with Gasteiger partial charge in [0.15, 0.2) is 0 Å². The number of amides is 1. The van der Waals surface area contributed by atoms with Gasteiger partial charge in [0.25, 0.3) is 5.91 Å². The zero-order valence-electron chi connectivity index (χ0n) is 10.6. The third-order valence-corrected chi connectivity index (χ3v) is 2.96. The Bertz CT molecular complexity index is 574. The van der Waals surface area contributed by atoms with Crippen LogP contribution in [-0.2, 0) is 13.1 Å². The molecule has 0 saturated carbocycles. The standard InChI is InChI=1S/C12H16ClN5O/c1-2-3-18-7-9(13)4-10(18)12(19)15-5-8-6-16-17-11(8)14/h4,6-7H,2-3,5H2,1H3,(H,15,19)(H3,14,16,17). The van der Waals surface area contributed by atoms with E-state index in [0.717, 1.165) is 18.5 Å². The highest BCUT2D eigenvalue weighted by Gasteiger charge is 2.13. The molecule has 6 nitrogen and oxygen atoms in total. The van der Waals surface area contributed by atoms with Gasteiger partial charge in [-0.25, -0.2) is 0 Å². The molecule has 0 aromatic carbocycles. The Kier molecular flexibility index (Phi) is 4.11. The summed E-state index contributed by atoms with van der Waals surface area (Å²) in [5.74, 6) is 0.281. The molecule has 0 aliphatic carbocycles. The van der Waals surface area contributed by atoms with E-state index in [4.69, 9.17) is 17.3 Å². The lowest BCUT2D eigenvalue weighted by Gasteiger charge is -2.08. The second-order valence-electron chi connectivity index (χ2n) is 4.23. The van der Waals surface area contributed by atoms with Crippen LogP contribution in [0.15, 0.2) is 18.5 Å². The van der Waals surface area contributed by atoms with Crippen LogP contribution in [0.3, 0.4) is 0 Å². The van der Waals surface area contributed by atoms with E-state index in [1.54, 1.807) is 18.5 Å². The summed E-state index contributed by atoms with van der Waals surface area (Å²) in [6.07, 6.45) is 4.28. The summed E-state index contributed by atoms with van der Waals surface area (Å²) in [6, 6.07) is 1.66. The molecule has 2 aromatic rings. The number of nitrogens with two attached hydrogens (primary N) is 1. The molecule has 19 heavy (non-hydrogen) atoms. The van der Waals surface area contributed by atoms with Gasteiger partial charge in [-0.15, -0.1) is 0 Å². The number of hydrogen-bond donors (Lipinski definition) is 3. The number of carbonyl (C=O) groups excluding carboxylic acids is 1. The average molecular weight is 282 g/mol. The van der Waals surface area contributed by atoms with E-state index in [9.17, 15) is 4.79 Å². The molecule has 1 amide bonds. The molecule has 0 spiro atoms. The number of aromatic nitrogens is 3. The van der Waals surface area contributed by atoms with Crippen LogP contribution in [0.4, 0.5) is 5.82 Å². The van der Waals surface area contributed by atoms with Crippen molar-refractivity contribution in [2.45, 2.75) is 26.4 Å². The number of nitrogens with zero attached hydrogens (tertiary/aromatic N) is 2. The van der Waals surface area contributed by atoms with Crippen molar-refractivity contribution in [1.29, 1.82) is 0 Å². The predicted octanol–water partition coefficient (Wildman–Crippen LogP) is 1.79. The van der Waals surface area contributed by atoms with Gasteiger partial charge in [0, 0.05) is 24.8 Å². The first-order valence-electron chi connectivity index (χ1n) is 6.03. The summed E-state index contributed by atoms with van der Waals surface area (Å²) in [4.78, 5) is 12.1. The van der Waals surface area contributed by atoms with E-state index in [1.165, 1.54) is 0 Å². The van der Waals surface area contributed by atoms with Crippen molar-refractivity contribution in [3.8, 4) is 0 Å². The van der Waals surface area contributed by atoms with E-state index in [2.05, 4.69) is 15.5 Å². The molecule has 0 radical (unpaired) electrons. The van der Waals surface area contributed by atoms with Crippen LogP contribution < -0.4 is 11.1 Å². The van der Waals surface area contributed by atoms with Crippen LogP contribution in [0.1, 0.15) is 29.4 Å². The van der Waals surface area contributed by atoms with Crippen molar-refractivity contribution >= 4 is 23.3 Å². The Hall–Kier alpha value is -1.95. The first kappa shape index (κ1) is 13.5. The SMILES string of the molecule is CCCn1cc(Cl)cc1C(=O)NCc1cn[nH]c1N. The smallest absolute Gasteiger partial charge is 0.268 e. The minimum absolute atomic E-state index is 0.180. The molecule has 7 heteroatoms. The Morgan fingerprint density at radius 3 is 3.05 bits per heavy atom. The Morgan fingerprint density at radius 1 is 1.63 bits per heavy atom. The fourth-order valence-corrected chi connectivity index (χ4v) is 2.04. The first-order valence-corrected chi connectivity index (χ1v) is 6.41. The minimum atomic E-state index is -0.180. The van der Waals surface area contributed by atoms with Gasteiger partial charge in [-0.3, -0.25) is 9.89 Å². The molecule has 0 unspecified atom stereocenters. The Labute approximate surface area is 115 Å². The number of nitrogen functional groups attached to an aromatic ring is 1. The molecule has 0 saturated heterocycles. The van der Waals surface area contributed by atoms with E-state index in [0.29, 0.717) is 23.1 Å². The fraction of sp³-hybridized carbons (Fsp3) is 0.333. The van der Waals surface area contributed by atoms with Crippen molar-refractivity contribution in [2.75, 3.05) is 5.73 Å². The van der Waals surface area contributed by atoms with Crippen molar-refractivity contribution in [3.63, 3.8) is 0 Å². The molecule has 2 heterocycles. The van der Waals surface area contributed by atoms with Gasteiger partial charge in [-0.1, -0.05) is 18.5 Å². The summed E-state index contributed by atoms with van der Waals surface area (Å²) in [5, 5.41) is 9.77. The van der Waals surface area contributed by atoms with Gasteiger partial charge < -0.3 is 15.6 Å². The number of anilines is 1. The molecule has 0 atom stereocenters. The number of carbonyl (C=O) groups is 1. The molecule has 4 N–H and O–H groups in total. The summed E-state index contributed by atoms with van der Waals surface area (Å²) >= 11 is 5.93. The lowest BCUT2D eigenvalue weighted by Crippen LogP contribution is -2.25. The molecule has 0 aliphatic rings. The van der Waals surface area contributed by atoms with Gasteiger partial charge in [0.1, 0.15) is 11.5 Å². The largest absolute Gasteiger partial charge is 0.384 e. The maximum absolute atomic E-state index is 12.1. The second kappa shape index (κ2) is 5.79. The summed E-state index contributed by atoms with van der Waals surface area (Å²) in [7, 11) is 0. The lowest BCUT2D eigenvalue weighted by molar-refractivity contribution is 0.0941. The summed E-state index contributed by atoms with van der Waals surface area (Å²) < 4.78 is 1.84. The molecule has 0 bridgehead atoms. The van der Waals surface area contributed by atoms with E-state index >= 15 is 0 Å². The Balaban J connectivity index is 2.05. The van der Waals surface area contributed by atoms with Crippen molar-refractivity contribution in [3.05, 3.63) is 34.7 Å². The van der Waals surface area contributed by atoms with Crippen molar-refractivity contribution in [2.24, 2.45) is 0 Å². The number of aromatic amines is 1. The normalized spacial score (nSPS) is 10.6. The lowest BCUT2D eigenvalue weighted by atomic mass is 10.3. The molecule has 2 aromatic heterocycles.